The molecular formula is C19H23ClN2O3. The molecule has 5 nitrogen and oxygen atoms in total. The van der Waals surface area contributed by atoms with Crippen molar-refractivity contribution in [3.63, 3.8) is 0 Å². The SMILES string of the molecule is C/C(Cl)=C\C=C(/C)C(=O)NCC1CN(c2ccc(C)c(C)c2)C(=O)O1. The molecule has 1 aromatic carbocycles. The Morgan fingerprint density at radius 1 is 1.32 bits per heavy atom. The molecule has 1 saturated heterocycles. The van der Waals surface area contributed by atoms with Gasteiger partial charge >= 0.3 is 6.09 Å². The molecule has 134 valence electrons. The normalized spacial score (nSPS) is 18.4. The molecule has 2 rings (SSSR count). The molecular weight excluding hydrogens is 340 g/mol. The zero-order valence-electron chi connectivity index (χ0n) is 14.9. The number of hydrogen-bond donors (Lipinski definition) is 1. The minimum absolute atomic E-state index is 0.213. The Morgan fingerprint density at radius 2 is 2.04 bits per heavy atom. The zero-order valence-corrected chi connectivity index (χ0v) is 15.7. The van der Waals surface area contributed by atoms with Crippen molar-refractivity contribution < 1.29 is 14.3 Å². The van der Waals surface area contributed by atoms with Crippen LogP contribution in [0.25, 0.3) is 0 Å². The Morgan fingerprint density at radius 3 is 2.68 bits per heavy atom. The number of amides is 2. The lowest BCUT2D eigenvalue weighted by molar-refractivity contribution is -0.117. The van der Waals surface area contributed by atoms with Gasteiger partial charge in [-0.3, -0.25) is 9.69 Å². The Labute approximate surface area is 153 Å². The Hall–Kier alpha value is -2.27. The Balaban J connectivity index is 1.94. The average molecular weight is 363 g/mol. The molecule has 0 saturated carbocycles. The summed E-state index contributed by atoms with van der Waals surface area (Å²) in [4.78, 5) is 25.7. The molecule has 2 amide bonds. The molecule has 1 unspecified atom stereocenters. The van der Waals surface area contributed by atoms with E-state index >= 15 is 0 Å². The van der Waals surface area contributed by atoms with Crippen molar-refractivity contribution in [3.8, 4) is 0 Å². The molecule has 1 fully saturated rings. The summed E-state index contributed by atoms with van der Waals surface area (Å²) in [5.41, 5.74) is 3.63. The van der Waals surface area contributed by atoms with Crippen LogP contribution in [-0.4, -0.2) is 31.2 Å². The van der Waals surface area contributed by atoms with Crippen molar-refractivity contribution in [1.82, 2.24) is 5.32 Å². The van der Waals surface area contributed by atoms with Gasteiger partial charge in [-0.2, -0.15) is 0 Å². The van der Waals surface area contributed by atoms with Gasteiger partial charge in [-0.25, -0.2) is 4.79 Å². The van der Waals surface area contributed by atoms with Crippen molar-refractivity contribution in [3.05, 3.63) is 52.1 Å². The molecule has 0 aliphatic carbocycles. The van der Waals surface area contributed by atoms with Gasteiger partial charge in [0.05, 0.1) is 13.1 Å². The van der Waals surface area contributed by atoms with Crippen molar-refractivity contribution in [1.29, 1.82) is 0 Å². The molecule has 6 heteroatoms. The number of aryl methyl sites for hydroxylation is 2. The number of cyclic esters (lactones) is 1. The zero-order chi connectivity index (χ0) is 18.6. The highest BCUT2D eigenvalue weighted by Gasteiger charge is 2.32. The second kappa shape index (κ2) is 8.21. The van der Waals surface area contributed by atoms with Crippen molar-refractivity contribution >= 4 is 29.3 Å². The van der Waals surface area contributed by atoms with Gasteiger partial charge in [-0.05, 0) is 57.0 Å². The third-order valence-electron chi connectivity index (χ3n) is 4.09. The molecule has 0 spiro atoms. The van der Waals surface area contributed by atoms with Crippen LogP contribution in [-0.2, 0) is 9.53 Å². The number of hydrogen-bond acceptors (Lipinski definition) is 3. The van der Waals surface area contributed by atoms with Crippen LogP contribution in [0.4, 0.5) is 10.5 Å². The lowest BCUT2D eigenvalue weighted by atomic mass is 10.1. The van der Waals surface area contributed by atoms with Gasteiger partial charge in [-0.1, -0.05) is 23.7 Å². The number of nitrogens with zero attached hydrogens (tertiary/aromatic N) is 1. The van der Waals surface area contributed by atoms with Gasteiger partial charge in [0.25, 0.3) is 0 Å². The number of anilines is 1. The molecule has 0 radical (unpaired) electrons. The number of carbonyl (C=O) groups is 2. The van der Waals surface area contributed by atoms with Gasteiger partial charge in [0.2, 0.25) is 5.91 Å². The number of allylic oxidation sites excluding steroid dienone is 3. The fourth-order valence-electron chi connectivity index (χ4n) is 2.39. The number of carbonyl (C=O) groups excluding carboxylic acids is 2. The lowest BCUT2D eigenvalue weighted by Crippen LogP contribution is -2.35. The third-order valence-corrected chi connectivity index (χ3v) is 4.21. The van der Waals surface area contributed by atoms with Crippen LogP contribution < -0.4 is 10.2 Å². The monoisotopic (exact) mass is 362 g/mol. The summed E-state index contributed by atoms with van der Waals surface area (Å²) in [7, 11) is 0. The van der Waals surface area contributed by atoms with E-state index < -0.39 is 6.09 Å². The lowest BCUT2D eigenvalue weighted by Gasteiger charge is -2.14. The standard InChI is InChI=1S/C19H23ClN2O3/c1-12-6-8-16(9-14(12)3)22-11-17(25-19(22)24)10-21-18(23)13(2)5-7-15(4)20/h5-9,17H,10-11H2,1-4H3,(H,21,23)/b13-5+,15-7+. The largest absolute Gasteiger partial charge is 0.442 e. The fourth-order valence-corrected chi connectivity index (χ4v) is 2.46. The maximum atomic E-state index is 12.1. The first-order chi connectivity index (χ1) is 11.8. The van der Waals surface area contributed by atoms with E-state index in [1.165, 1.54) is 5.56 Å². The number of ether oxygens (including phenoxy) is 1. The van der Waals surface area contributed by atoms with Crippen LogP contribution in [0.3, 0.4) is 0 Å². The number of benzene rings is 1. The minimum atomic E-state index is -0.393. The highest BCUT2D eigenvalue weighted by molar-refractivity contribution is 6.29. The first-order valence-corrected chi connectivity index (χ1v) is 8.50. The summed E-state index contributed by atoms with van der Waals surface area (Å²) in [5, 5.41) is 3.38. The van der Waals surface area contributed by atoms with Gasteiger partial charge in [-0.15, -0.1) is 0 Å². The molecule has 1 aliphatic heterocycles. The second-order valence-corrected chi connectivity index (χ2v) is 6.79. The van der Waals surface area contributed by atoms with E-state index in [-0.39, 0.29) is 18.6 Å². The van der Waals surface area contributed by atoms with Crippen molar-refractivity contribution in [2.45, 2.75) is 33.8 Å². The van der Waals surface area contributed by atoms with E-state index in [1.54, 1.807) is 30.9 Å². The first kappa shape index (κ1) is 19.1. The predicted molar refractivity (Wildman–Crippen MR) is 99.9 cm³/mol. The number of halogens is 1. The molecule has 25 heavy (non-hydrogen) atoms. The van der Waals surface area contributed by atoms with E-state index in [1.807, 2.05) is 32.0 Å². The smallest absolute Gasteiger partial charge is 0.414 e. The molecule has 1 aliphatic rings. The van der Waals surface area contributed by atoms with Crippen LogP contribution in [0.5, 0.6) is 0 Å². The fraction of sp³-hybridized carbons (Fsp3) is 0.368. The average Bonchev–Trinajstić information content (AvgIpc) is 2.93. The van der Waals surface area contributed by atoms with Crippen LogP contribution in [0.1, 0.15) is 25.0 Å². The summed E-state index contributed by atoms with van der Waals surface area (Å²) in [6, 6.07) is 5.84. The van der Waals surface area contributed by atoms with Crippen molar-refractivity contribution in [2.75, 3.05) is 18.0 Å². The molecule has 1 heterocycles. The van der Waals surface area contributed by atoms with E-state index in [0.717, 1.165) is 11.3 Å². The van der Waals surface area contributed by atoms with Crippen molar-refractivity contribution in [2.24, 2.45) is 0 Å². The Kier molecular flexibility index (Phi) is 6.26. The highest BCUT2D eigenvalue weighted by Crippen LogP contribution is 2.23. The van der Waals surface area contributed by atoms with E-state index in [9.17, 15) is 9.59 Å². The van der Waals surface area contributed by atoms with E-state index in [2.05, 4.69) is 5.32 Å². The quantitative estimate of drug-likeness (QED) is 0.639. The molecule has 1 atom stereocenters. The van der Waals surface area contributed by atoms with Gasteiger partial charge in [0, 0.05) is 16.3 Å². The maximum absolute atomic E-state index is 12.1. The second-order valence-electron chi connectivity index (χ2n) is 6.20. The summed E-state index contributed by atoms with van der Waals surface area (Å²) < 4.78 is 5.35. The van der Waals surface area contributed by atoms with Gasteiger partial charge < -0.3 is 10.1 Å². The molecule has 1 N–H and O–H groups in total. The third kappa shape index (κ3) is 5.10. The predicted octanol–water partition coefficient (Wildman–Crippen LogP) is 3.83. The molecule has 0 aromatic heterocycles. The number of rotatable bonds is 5. The summed E-state index contributed by atoms with van der Waals surface area (Å²) >= 11 is 5.74. The van der Waals surface area contributed by atoms with Crippen LogP contribution >= 0.6 is 11.6 Å². The van der Waals surface area contributed by atoms with E-state index in [4.69, 9.17) is 16.3 Å². The van der Waals surface area contributed by atoms with Gasteiger partial charge in [0.1, 0.15) is 6.10 Å². The summed E-state index contributed by atoms with van der Waals surface area (Å²) in [6.45, 7) is 8.14. The highest BCUT2D eigenvalue weighted by atomic mass is 35.5. The Bertz CT molecular complexity index is 736. The first-order valence-electron chi connectivity index (χ1n) is 8.12. The summed E-state index contributed by atoms with van der Waals surface area (Å²) in [5.74, 6) is -0.213. The van der Waals surface area contributed by atoms with Gasteiger partial charge in [0.15, 0.2) is 0 Å². The maximum Gasteiger partial charge on any atom is 0.414 e. The minimum Gasteiger partial charge on any atom is -0.442 e. The van der Waals surface area contributed by atoms with E-state index in [0.29, 0.717) is 17.2 Å². The van der Waals surface area contributed by atoms with Crippen LogP contribution in [0, 0.1) is 13.8 Å². The molecule has 1 aromatic rings. The van der Waals surface area contributed by atoms with Crippen LogP contribution in [0.15, 0.2) is 41.0 Å². The topological polar surface area (TPSA) is 58.6 Å². The summed E-state index contributed by atoms with van der Waals surface area (Å²) in [6.07, 6.45) is 2.54. The number of nitrogens with one attached hydrogen (secondary N) is 1. The van der Waals surface area contributed by atoms with Crippen LogP contribution in [0.2, 0.25) is 0 Å². The molecule has 0 bridgehead atoms.